The van der Waals surface area contributed by atoms with E-state index in [-0.39, 0.29) is 5.96 Å². The molecule has 2 unspecified atom stereocenters. The lowest BCUT2D eigenvalue weighted by Gasteiger charge is -2.35. The lowest BCUT2D eigenvalue weighted by Crippen LogP contribution is -2.64. The summed E-state index contributed by atoms with van der Waals surface area (Å²) in [5.74, 6) is -1.18. The van der Waals surface area contributed by atoms with Crippen LogP contribution in [0, 0.1) is 0 Å². The van der Waals surface area contributed by atoms with E-state index in [0.717, 1.165) is 0 Å². The molecule has 0 bridgehead atoms. The second-order valence-electron chi connectivity index (χ2n) is 5.71. The maximum Gasteiger partial charge on any atom is 0.325 e. The molecular weight excluding hydrogens is 366 g/mol. The minimum absolute atomic E-state index is 0.125. The molecule has 1 saturated heterocycles. The summed E-state index contributed by atoms with van der Waals surface area (Å²) in [7, 11) is 2.95. The standard InChI is InChI=1S/C15H16ClN5O5/c1-20-12-11(13(24)19-15(20)25)21(6-10(22)23)14(18-12)17-8-5-7(16)3-4-9(8)26-2/h3-5,11-12H,6H2,1-2H3,(H,17,18)(H,22,23)(H,19,24,25). The molecule has 138 valence electrons. The van der Waals surface area contributed by atoms with Crippen molar-refractivity contribution in [3.8, 4) is 5.75 Å². The summed E-state index contributed by atoms with van der Waals surface area (Å²) in [6.07, 6.45) is -0.844. The Morgan fingerprint density at radius 2 is 2.19 bits per heavy atom. The zero-order valence-corrected chi connectivity index (χ0v) is 14.6. The molecule has 0 spiro atoms. The van der Waals surface area contributed by atoms with Gasteiger partial charge in [-0.15, -0.1) is 0 Å². The fourth-order valence-corrected chi connectivity index (χ4v) is 3.02. The Morgan fingerprint density at radius 1 is 1.46 bits per heavy atom. The number of methoxy groups -OCH3 is 1. The number of hydrogen-bond donors (Lipinski definition) is 3. The number of rotatable bonds is 4. The number of nitrogens with one attached hydrogen (secondary N) is 2. The minimum Gasteiger partial charge on any atom is -0.495 e. The predicted molar refractivity (Wildman–Crippen MR) is 92.3 cm³/mol. The fourth-order valence-electron chi connectivity index (χ4n) is 2.85. The van der Waals surface area contributed by atoms with Crippen molar-refractivity contribution in [3.63, 3.8) is 0 Å². The van der Waals surface area contributed by atoms with Crippen LogP contribution < -0.4 is 15.4 Å². The predicted octanol–water partition coefficient (Wildman–Crippen LogP) is 0.393. The number of anilines is 1. The van der Waals surface area contributed by atoms with E-state index in [1.165, 1.54) is 24.0 Å². The summed E-state index contributed by atoms with van der Waals surface area (Å²) >= 11 is 6.01. The van der Waals surface area contributed by atoms with E-state index in [9.17, 15) is 19.5 Å². The van der Waals surface area contributed by atoms with E-state index in [0.29, 0.717) is 16.5 Å². The van der Waals surface area contributed by atoms with E-state index in [1.807, 2.05) is 0 Å². The van der Waals surface area contributed by atoms with Crippen LogP contribution in [-0.2, 0) is 9.59 Å². The monoisotopic (exact) mass is 381 g/mol. The average molecular weight is 382 g/mol. The third-order valence-electron chi connectivity index (χ3n) is 4.07. The summed E-state index contributed by atoms with van der Waals surface area (Å²) in [4.78, 5) is 42.2. The quantitative estimate of drug-likeness (QED) is 0.689. The molecule has 2 aliphatic rings. The van der Waals surface area contributed by atoms with Crippen LogP contribution in [0.5, 0.6) is 5.75 Å². The topological polar surface area (TPSA) is 124 Å². The largest absolute Gasteiger partial charge is 0.495 e. The van der Waals surface area contributed by atoms with Crippen molar-refractivity contribution in [3.05, 3.63) is 23.2 Å². The Bertz CT molecular complexity index is 814. The van der Waals surface area contributed by atoms with E-state index in [2.05, 4.69) is 15.6 Å². The van der Waals surface area contributed by atoms with Crippen molar-refractivity contribution in [1.82, 2.24) is 15.1 Å². The van der Waals surface area contributed by atoms with Gasteiger partial charge in [-0.3, -0.25) is 14.9 Å². The lowest BCUT2D eigenvalue weighted by molar-refractivity contribution is -0.138. The van der Waals surface area contributed by atoms with Crippen LogP contribution in [0.25, 0.3) is 0 Å². The highest BCUT2D eigenvalue weighted by Gasteiger charge is 2.49. The molecule has 1 aromatic rings. The number of fused-ring (bicyclic) bond motifs is 1. The summed E-state index contributed by atoms with van der Waals surface area (Å²) in [6.45, 7) is -0.481. The summed E-state index contributed by atoms with van der Waals surface area (Å²) in [5.41, 5.74) is 0.446. The molecule has 3 N–H and O–H groups in total. The molecule has 2 atom stereocenters. The molecule has 2 aliphatic heterocycles. The van der Waals surface area contributed by atoms with Crippen LogP contribution in [0.3, 0.4) is 0 Å². The summed E-state index contributed by atoms with van der Waals surface area (Å²) in [6, 6.07) is 3.30. The third kappa shape index (κ3) is 3.10. The smallest absolute Gasteiger partial charge is 0.325 e. The van der Waals surface area contributed by atoms with E-state index in [1.54, 1.807) is 18.2 Å². The number of imide groups is 1. The van der Waals surface area contributed by atoms with Crippen LogP contribution in [0.2, 0.25) is 5.02 Å². The molecule has 11 heteroatoms. The van der Waals surface area contributed by atoms with Crippen molar-refractivity contribution in [1.29, 1.82) is 0 Å². The number of carboxylic acids is 1. The number of aliphatic carboxylic acids is 1. The third-order valence-corrected chi connectivity index (χ3v) is 4.31. The van der Waals surface area contributed by atoms with Crippen molar-refractivity contribution in [2.45, 2.75) is 12.2 Å². The highest BCUT2D eigenvalue weighted by molar-refractivity contribution is 6.31. The van der Waals surface area contributed by atoms with Gasteiger partial charge in [-0.2, -0.15) is 0 Å². The van der Waals surface area contributed by atoms with Gasteiger partial charge in [0.2, 0.25) is 5.96 Å². The Kier molecular flexibility index (Phi) is 4.60. The zero-order valence-electron chi connectivity index (χ0n) is 13.9. The number of carbonyl (C=O) groups is 3. The summed E-state index contributed by atoms with van der Waals surface area (Å²) in [5, 5.41) is 14.8. The number of amides is 3. The minimum atomic E-state index is -1.15. The zero-order chi connectivity index (χ0) is 19.0. The van der Waals surface area contributed by atoms with Gasteiger partial charge in [0.05, 0.1) is 12.8 Å². The number of halogens is 1. The van der Waals surface area contributed by atoms with Gasteiger partial charge in [-0.1, -0.05) is 11.6 Å². The molecule has 10 nitrogen and oxygen atoms in total. The van der Waals surface area contributed by atoms with Gasteiger partial charge in [0, 0.05) is 12.1 Å². The van der Waals surface area contributed by atoms with Gasteiger partial charge in [-0.25, -0.2) is 9.79 Å². The summed E-state index contributed by atoms with van der Waals surface area (Å²) < 4.78 is 5.25. The van der Waals surface area contributed by atoms with Crippen molar-refractivity contribution in [2.24, 2.45) is 4.99 Å². The van der Waals surface area contributed by atoms with Gasteiger partial charge >= 0.3 is 12.0 Å². The molecule has 0 aliphatic carbocycles. The molecule has 0 saturated carbocycles. The van der Waals surface area contributed by atoms with E-state index >= 15 is 0 Å². The molecular formula is C15H16ClN5O5. The Balaban J connectivity index is 1.98. The van der Waals surface area contributed by atoms with Crippen molar-refractivity contribution >= 4 is 41.2 Å². The van der Waals surface area contributed by atoms with Crippen LogP contribution >= 0.6 is 11.6 Å². The number of ether oxygens (including phenoxy) is 1. The number of aliphatic imine (C=N–C) groups is 1. The normalized spacial score (nSPS) is 21.9. The van der Waals surface area contributed by atoms with Crippen LogP contribution in [0.1, 0.15) is 0 Å². The first-order chi connectivity index (χ1) is 12.3. The molecule has 26 heavy (non-hydrogen) atoms. The number of guanidine groups is 1. The van der Waals surface area contributed by atoms with Gasteiger partial charge < -0.3 is 25.0 Å². The highest BCUT2D eigenvalue weighted by atomic mass is 35.5. The van der Waals surface area contributed by atoms with Crippen LogP contribution in [0.4, 0.5) is 10.5 Å². The fraction of sp³-hybridized carbons (Fsp3) is 0.333. The molecule has 1 fully saturated rings. The first-order valence-corrected chi connectivity index (χ1v) is 7.94. The van der Waals surface area contributed by atoms with Gasteiger partial charge in [0.25, 0.3) is 5.91 Å². The van der Waals surface area contributed by atoms with Crippen LogP contribution in [0.15, 0.2) is 23.2 Å². The van der Waals surface area contributed by atoms with Crippen LogP contribution in [-0.4, -0.2) is 71.7 Å². The molecule has 0 radical (unpaired) electrons. The van der Waals surface area contributed by atoms with E-state index < -0.39 is 36.7 Å². The number of benzene rings is 1. The maximum absolute atomic E-state index is 12.3. The molecule has 3 amide bonds. The average Bonchev–Trinajstić information content (AvgIpc) is 2.91. The lowest BCUT2D eigenvalue weighted by atomic mass is 10.1. The van der Waals surface area contributed by atoms with Gasteiger partial charge in [-0.05, 0) is 18.2 Å². The highest BCUT2D eigenvalue weighted by Crippen LogP contribution is 2.30. The number of likely N-dealkylation sites (N-methyl/N-ethyl adjacent to an activating group) is 1. The van der Waals surface area contributed by atoms with Crippen molar-refractivity contribution in [2.75, 3.05) is 26.0 Å². The SMILES string of the molecule is COc1ccc(Cl)cc1NC1=NC2C(C(=O)NC(=O)N2C)N1CC(=O)O. The molecule has 1 aromatic carbocycles. The first kappa shape index (κ1) is 17.8. The molecule has 2 heterocycles. The van der Waals surface area contributed by atoms with Gasteiger partial charge in [0.15, 0.2) is 12.2 Å². The maximum atomic E-state index is 12.3. The number of urea groups is 1. The molecule has 0 aromatic heterocycles. The Hall–Kier alpha value is -3.01. The second-order valence-corrected chi connectivity index (χ2v) is 6.14. The first-order valence-electron chi connectivity index (χ1n) is 7.56. The number of carboxylic acid groups (broad SMARTS) is 1. The Labute approximate surface area is 153 Å². The number of hydrogen-bond acceptors (Lipinski definition) is 7. The Morgan fingerprint density at radius 3 is 2.85 bits per heavy atom. The molecule has 3 rings (SSSR count). The number of nitrogens with zero attached hydrogens (tertiary/aromatic N) is 3. The second kappa shape index (κ2) is 6.71. The van der Waals surface area contributed by atoms with Crippen molar-refractivity contribution < 1.29 is 24.2 Å². The van der Waals surface area contributed by atoms with Gasteiger partial charge in [0.1, 0.15) is 12.3 Å². The van der Waals surface area contributed by atoms with E-state index in [4.69, 9.17) is 16.3 Å². The number of carbonyl (C=O) groups excluding carboxylic acids is 2.